The second kappa shape index (κ2) is 6.31. The van der Waals surface area contributed by atoms with E-state index in [0.29, 0.717) is 24.8 Å². The third-order valence-electron chi connectivity index (χ3n) is 4.01. The van der Waals surface area contributed by atoms with Crippen LogP contribution >= 0.6 is 0 Å². The van der Waals surface area contributed by atoms with Crippen molar-refractivity contribution in [1.29, 1.82) is 0 Å². The summed E-state index contributed by atoms with van der Waals surface area (Å²) < 4.78 is 5.06. The van der Waals surface area contributed by atoms with Gasteiger partial charge in [0.2, 0.25) is 0 Å². The van der Waals surface area contributed by atoms with Crippen LogP contribution in [0.5, 0.6) is 0 Å². The fraction of sp³-hybridized carbons (Fsp3) is 0.278. The van der Waals surface area contributed by atoms with E-state index in [1.54, 1.807) is 12.1 Å². The zero-order valence-electron chi connectivity index (χ0n) is 13.2. The number of furan rings is 1. The number of nitrogens with zero attached hydrogens (tertiary/aromatic N) is 2. The molecule has 1 aliphatic rings. The SMILES string of the molecule is O=C(NCCNc1nc(C2CC2)nc2ccccc12)c1ccco1. The van der Waals surface area contributed by atoms with Gasteiger partial charge in [0, 0.05) is 24.4 Å². The van der Waals surface area contributed by atoms with E-state index in [9.17, 15) is 4.79 Å². The lowest BCUT2D eigenvalue weighted by Gasteiger charge is -2.11. The Hall–Kier alpha value is -2.89. The Morgan fingerprint density at radius 3 is 2.79 bits per heavy atom. The van der Waals surface area contributed by atoms with Crippen molar-refractivity contribution >= 4 is 22.6 Å². The summed E-state index contributed by atoms with van der Waals surface area (Å²) in [5.74, 6) is 2.34. The molecule has 2 aromatic heterocycles. The van der Waals surface area contributed by atoms with E-state index in [0.717, 1.165) is 35.4 Å². The van der Waals surface area contributed by atoms with E-state index >= 15 is 0 Å². The predicted octanol–water partition coefficient (Wildman–Crippen LogP) is 2.94. The fourth-order valence-corrected chi connectivity index (χ4v) is 2.61. The number of hydrogen-bond donors (Lipinski definition) is 2. The monoisotopic (exact) mass is 322 g/mol. The number of aromatic nitrogens is 2. The van der Waals surface area contributed by atoms with Gasteiger partial charge in [0.1, 0.15) is 11.6 Å². The van der Waals surface area contributed by atoms with Gasteiger partial charge in [0.05, 0.1) is 11.8 Å². The Bertz CT molecular complexity index is 857. The lowest BCUT2D eigenvalue weighted by molar-refractivity contribution is 0.0927. The van der Waals surface area contributed by atoms with Crippen molar-refractivity contribution in [2.24, 2.45) is 0 Å². The molecule has 0 unspecified atom stereocenters. The Morgan fingerprint density at radius 2 is 2.00 bits per heavy atom. The van der Waals surface area contributed by atoms with Crippen molar-refractivity contribution in [2.75, 3.05) is 18.4 Å². The second-order valence-corrected chi connectivity index (χ2v) is 5.88. The van der Waals surface area contributed by atoms with Crippen LogP contribution in [0.2, 0.25) is 0 Å². The van der Waals surface area contributed by atoms with Crippen molar-refractivity contribution in [1.82, 2.24) is 15.3 Å². The van der Waals surface area contributed by atoms with Crippen LogP contribution in [0.25, 0.3) is 10.9 Å². The average Bonchev–Trinajstić information content (AvgIpc) is 3.32. The van der Waals surface area contributed by atoms with Gasteiger partial charge in [-0.15, -0.1) is 0 Å². The molecular weight excluding hydrogens is 304 g/mol. The molecule has 2 heterocycles. The minimum absolute atomic E-state index is 0.215. The lowest BCUT2D eigenvalue weighted by atomic mass is 10.2. The summed E-state index contributed by atoms with van der Waals surface area (Å²) in [6.45, 7) is 1.06. The topological polar surface area (TPSA) is 80.0 Å². The summed E-state index contributed by atoms with van der Waals surface area (Å²) in [5.41, 5.74) is 0.955. The average molecular weight is 322 g/mol. The number of amides is 1. The largest absolute Gasteiger partial charge is 0.459 e. The number of para-hydroxylation sites is 1. The molecule has 0 radical (unpaired) electrons. The number of rotatable bonds is 6. The number of benzene rings is 1. The van der Waals surface area contributed by atoms with Gasteiger partial charge in [-0.1, -0.05) is 12.1 Å². The van der Waals surface area contributed by atoms with E-state index in [-0.39, 0.29) is 5.91 Å². The Labute approximate surface area is 139 Å². The normalized spacial score (nSPS) is 13.8. The van der Waals surface area contributed by atoms with Crippen molar-refractivity contribution < 1.29 is 9.21 Å². The molecule has 1 aliphatic carbocycles. The van der Waals surface area contributed by atoms with E-state index in [1.165, 1.54) is 6.26 Å². The molecular formula is C18H18N4O2. The maximum absolute atomic E-state index is 11.8. The van der Waals surface area contributed by atoms with Gasteiger partial charge in [0.15, 0.2) is 5.76 Å². The Balaban J connectivity index is 1.43. The standard InChI is InChI=1S/C18H18N4O2/c23-18(15-6-3-11-24-15)20-10-9-19-17-13-4-1-2-5-14(13)21-16(22-17)12-7-8-12/h1-6,11-12H,7-10H2,(H,20,23)(H,19,21,22). The maximum Gasteiger partial charge on any atom is 0.287 e. The number of carbonyl (C=O) groups excluding carboxylic acids is 1. The van der Waals surface area contributed by atoms with E-state index < -0.39 is 0 Å². The Kier molecular flexibility index (Phi) is 3.86. The summed E-state index contributed by atoms with van der Waals surface area (Å²) in [4.78, 5) is 21.2. The zero-order valence-corrected chi connectivity index (χ0v) is 13.2. The van der Waals surface area contributed by atoms with Crippen LogP contribution in [0.3, 0.4) is 0 Å². The van der Waals surface area contributed by atoms with Crippen LogP contribution in [0.1, 0.15) is 35.1 Å². The highest BCUT2D eigenvalue weighted by Crippen LogP contribution is 2.39. The van der Waals surface area contributed by atoms with E-state index in [4.69, 9.17) is 4.42 Å². The van der Waals surface area contributed by atoms with Gasteiger partial charge < -0.3 is 15.1 Å². The molecule has 1 aromatic carbocycles. The molecule has 0 spiro atoms. The number of hydrogen-bond acceptors (Lipinski definition) is 5. The highest BCUT2D eigenvalue weighted by molar-refractivity contribution is 5.91. The van der Waals surface area contributed by atoms with Crippen LogP contribution in [-0.4, -0.2) is 29.0 Å². The molecule has 0 atom stereocenters. The molecule has 1 fully saturated rings. The highest BCUT2D eigenvalue weighted by Gasteiger charge is 2.27. The lowest BCUT2D eigenvalue weighted by Crippen LogP contribution is -2.28. The number of carbonyl (C=O) groups is 1. The van der Waals surface area contributed by atoms with Crippen LogP contribution in [0.15, 0.2) is 47.1 Å². The van der Waals surface area contributed by atoms with Gasteiger partial charge >= 0.3 is 0 Å². The molecule has 0 saturated heterocycles. The summed E-state index contributed by atoms with van der Waals surface area (Å²) >= 11 is 0. The summed E-state index contributed by atoms with van der Waals surface area (Å²) in [5, 5.41) is 7.13. The third-order valence-corrected chi connectivity index (χ3v) is 4.01. The first-order valence-corrected chi connectivity index (χ1v) is 8.13. The minimum atomic E-state index is -0.215. The number of fused-ring (bicyclic) bond motifs is 1. The third kappa shape index (κ3) is 3.08. The molecule has 0 bridgehead atoms. The highest BCUT2D eigenvalue weighted by atomic mass is 16.3. The first kappa shape index (κ1) is 14.7. The molecule has 6 heteroatoms. The first-order chi connectivity index (χ1) is 11.8. The van der Waals surface area contributed by atoms with Crippen molar-refractivity contribution in [3.63, 3.8) is 0 Å². The predicted molar refractivity (Wildman–Crippen MR) is 91.0 cm³/mol. The van der Waals surface area contributed by atoms with Crippen LogP contribution < -0.4 is 10.6 Å². The van der Waals surface area contributed by atoms with E-state index in [2.05, 4.69) is 20.6 Å². The van der Waals surface area contributed by atoms with Crippen LogP contribution in [0.4, 0.5) is 5.82 Å². The zero-order chi connectivity index (χ0) is 16.4. The molecule has 2 N–H and O–H groups in total. The van der Waals surface area contributed by atoms with Gasteiger partial charge in [0.25, 0.3) is 5.91 Å². The number of anilines is 1. The van der Waals surface area contributed by atoms with E-state index in [1.807, 2.05) is 24.3 Å². The van der Waals surface area contributed by atoms with Gasteiger partial charge in [-0.3, -0.25) is 4.79 Å². The van der Waals surface area contributed by atoms with Gasteiger partial charge in [-0.25, -0.2) is 9.97 Å². The van der Waals surface area contributed by atoms with Gasteiger partial charge in [-0.05, 0) is 37.1 Å². The van der Waals surface area contributed by atoms with Crippen molar-refractivity contribution in [2.45, 2.75) is 18.8 Å². The summed E-state index contributed by atoms with van der Waals surface area (Å²) in [6.07, 6.45) is 3.81. The number of nitrogens with one attached hydrogen (secondary N) is 2. The van der Waals surface area contributed by atoms with Crippen molar-refractivity contribution in [3.8, 4) is 0 Å². The quantitative estimate of drug-likeness (QED) is 0.682. The Morgan fingerprint density at radius 1 is 1.12 bits per heavy atom. The smallest absolute Gasteiger partial charge is 0.287 e. The molecule has 3 aromatic rings. The molecule has 4 rings (SSSR count). The van der Waals surface area contributed by atoms with Crippen LogP contribution in [0, 0.1) is 0 Å². The second-order valence-electron chi connectivity index (χ2n) is 5.88. The molecule has 24 heavy (non-hydrogen) atoms. The molecule has 1 amide bonds. The molecule has 6 nitrogen and oxygen atoms in total. The van der Waals surface area contributed by atoms with Crippen LogP contribution in [-0.2, 0) is 0 Å². The maximum atomic E-state index is 11.8. The van der Waals surface area contributed by atoms with Crippen molar-refractivity contribution in [3.05, 3.63) is 54.2 Å². The fourth-order valence-electron chi connectivity index (χ4n) is 2.61. The first-order valence-electron chi connectivity index (χ1n) is 8.13. The minimum Gasteiger partial charge on any atom is -0.459 e. The molecule has 122 valence electrons. The summed E-state index contributed by atoms with van der Waals surface area (Å²) in [7, 11) is 0. The molecule has 0 aliphatic heterocycles. The molecule has 1 saturated carbocycles. The summed E-state index contributed by atoms with van der Waals surface area (Å²) in [6, 6.07) is 11.3. The van der Waals surface area contributed by atoms with Gasteiger partial charge in [-0.2, -0.15) is 0 Å².